The minimum absolute atomic E-state index is 0.339. The summed E-state index contributed by atoms with van der Waals surface area (Å²) in [5.74, 6) is 0. The van der Waals surface area contributed by atoms with Crippen LogP contribution in [0.3, 0.4) is 0 Å². The molecule has 0 radical (unpaired) electrons. The summed E-state index contributed by atoms with van der Waals surface area (Å²) in [7, 11) is -1.83. The highest BCUT2D eigenvalue weighted by Crippen LogP contribution is 2.29. The van der Waals surface area contributed by atoms with E-state index in [0.717, 1.165) is 5.57 Å². The Balaban J connectivity index is 3.04. The largest absolute Gasteiger partial charge is 0.253 e. The smallest absolute Gasteiger partial charge is 0.206 e. The van der Waals surface area contributed by atoms with Crippen molar-refractivity contribution in [3.63, 3.8) is 0 Å². The van der Waals surface area contributed by atoms with Gasteiger partial charge in [0.15, 0.2) is 0 Å². The lowest BCUT2D eigenvalue weighted by Gasteiger charge is -2.16. The lowest BCUT2D eigenvalue weighted by molar-refractivity contribution is 0.494. The lowest BCUT2D eigenvalue weighted by atomic mass is 10.4. The van der Waals surface area contributed by atoms with E-state index in [-0.39, 0.29) is 0 Å². The van der Waals surface area contributed by atoms with Crippen LogP contribution in [0, 0.1) is 0 Å². The zero-order valence-electron chi connectivity index (χ0n) is 8.53. The van der Waals surface area contributed by atoms with Gasteiger partial charge in [0.1, 0.15) is 4.21 Å². The SMILES string of the molecule is C=C(C)CN(C)S(=O)(=O)c1sccc1Br. The van der Waals surface area contributed by atoms with E-state index in [2.05, 4.69) is 22.5 Å². The fourth-order valence-corrected chi connectivity index (χ4v) is 4.80. The monoisotopic (exact) mass is 309 g/mol. The molecule has 0 saturated carbocycles. The van der Waals surface area contributed by atoms with Crippen molar-refractivity contribution >= 4 is 37.3 Å². The van der Waals surface area contributed by atoms with Crippen molar-refractivity contribution in [2.45, 2.75) is 11.1 Å². The van der Waals surface area contributed by atoms with Gasteiger partial charge in [0.2, 0.25) is 0 Å². The maximum Gasteiger partial charge on any atom is 0.253 e. The number of hydrogen-bond donors (Lipinski definition) is 0. The van der Waals surface area contributed by atoms with E-state index in [1.165, 1.54) is 15.6 Å². The molecule has 15 heavy (non-hydrogen) atoms. The zero-order valence-corrected chi connectivity index (χ0v) is 11.7. The van der Waals surface area contributed by atoms with Crippen molar-refractivity contribution in [3.8, 4) is 0 Å². The van der Waals surface area contributed by atoms with E-state index in [0.29, 0.717) is 15.2 Å². The minimum Gasteiger partial charge on any atom is -0.206 e. The third-order valence-corrected chi connectivity index (χ3v) is 6.17. The summed E-state index contributed by atoms with van der Waals surface area (Å²) in [5, 5.41) is 1.74. The van der Waals surface area contributed by atoms with E-state index in [1.807, 2.05) is 0 Å². The van der Waals surface area contributed by atoms with Crippen LogP contribution in [0.15, 0.2) is 32.3 Å². The van der Waals surface area contributed by atoms with Gasteiger partial charge >= 0.3 is 0 Å². The Labute approximate surface area is 103 Å². The average Bonchev–Trinajstić information content (AvgIpc) is 2.50. The van der Waals surface area contributed by atoms with Crippen molar-refractivity contribution in [3.05, 3.63) is 28.1 Å². The van der Waals surface area contributed by atoms with Crippen LogP contribution in [0.25, 0.3) is 0 Å². The molecule has 6 heteroatoms. The molecule has 0 aliphatic carbocycles. The normalized spacial score (nSPS) is 12.0. The van der Waals surface area contributed by atoms with Crippen molar-refractivity contribution in [2.75, 3.05) is 13.6 Å². The summed E-state index contributed by atoms with van der Waals surface area (Å²) < 4.78 is 26.3. The first-order chi connectivity index (χ1) is 6.85. The second-order valence-electron chi connectivity index (χ2n) is 3.27. The first-order valence-electron chi connectivity index (χ1n) is 4.19. The average molecular weight is 310 g/mol. The Morgan fingerprint density at radius 2 is 2.27 bits per heavy atom. The maximum absolute atomic E-state index is 12.0. The number of hydrogen-bond acceptors (Lipinski definition) is 3. The molecule has 0 saturated heterocycles. The van der Waals surface area contributed by atoms with Crippen molar-refractivity contribution < 1.29 is 8.42 Å². The Morgan fingerprint density at radius 3 is 2.67 bits per heavy atom. The lowest BCUT2D eigenvalue weighted by Crippen LogP contribution is -2.27. The van der Waals surface area contributed by atoms with Crippen LogP contribution in [0.2, 0.25) is 0 Å². The Kier molecular flexibility index (Phi) is 4.11. The molecule has 1 heterocycles. The van der Waals surface area contributed by atoms with E-state index in [9.17, 15) is 8.42 Å². The summed E-state index contributed by atoms with van der Waals surface area (Å²) in [6.45, 7) is 5.84. The fourth-order valence-electron chi connectivity index (χ4n) is 1.07. The van der Waals surface area contributed by atoms with Gasteiger partial charge in [-0.05, 0) is 34.3 Å². The standard InChI is InChI=1S/C9H12BrNO2S2/c1-7(2)6-11(3)15(12,13)9-8(10)4-5-14-9/h4-5H,1,6H2,2-3H3. The molecule has 0 amide bonds. The molecule has 0 unspecified atom stereocenters. The van der Waals surface area contributed by atoms with Crippen molar-refractivity contribution in [2.24, 2.45) is 0 Å². The molecule has 1 aromatic rings. The predicted octanol–water partition coefficient (Wildman–Crippen LogP) is 2.71. The molecule has 0 fully saturated rings. The van der Waals surface area contributed by atoms with Gasteiger partial charge in [0.25, 0.3) is 10.0 Å². The van der Waals surface area contributed by atoms with Crippen LogP contribution in [-0.4, -0.2) is 26.3 Å². The number of sulfonamides is 1. The fraction of sp³-hybridized carbons (Fsp3) is 0.333. The predicted molar refractivity (Wildman–Crippen MR) is 66.6 cm³/mol. The first kappa shape index (κ1) is 12.9. The van der Waals surface area contributed by atoms with Crippen LogP contribution < -0.4 is 0 Å². The molecule has 1 aromatic heterocycles. The van der Waals surface area contributed by atoms with Crippen LogP contribution in [0.5, 0.6) is 0 Å². The third kappa shape index (κ3) is 2.90. The topological polar surface area (TPSA) is 37.4 Å². The number of likely N-dealkylation sites (N-methyl/N-ethyl adjacent to an activating group) is 1. The van der Waals surface area contributed by atoms with Gasteiger partial charge in [0.05, 0.1) is 0 Å². The second-order valence-corrected chi connectivity index (χ2v) is 7.28. The van der Waals surface area contributed by atoms with E-state index >= 15 is 0 Å². The molecule has 0 spiro atoms. The zero-order chi connectivity index (χ0) is 11.6. The molecular formula is C9H12BrNO2S2. The highest BCUT2D eigenvalue weighted by atomic mass is 79.9. The quantitative estimate of drug-likeness (QED) is 0.802. The highest BCUT2D eigenvalue weighted by Gasteiger charge is 2.24. The van der Waals surface area contributed by atoms with Crippen molar-refractivity contribution in [1.82, 2.24) is 4.31 Å². The third-order valence-electron chi connectivity index (χ3n) is 1.72. The van der Waals surface area contributed by atoms with Crippen LogP contribution >= 0.6 is 27.3 Å². The van der Waals surface area contributed by atoms with E-state index in [4.69, 9.17) is 0 Å². The molecule has 0 bridgehead atoms. The van der Waals surface area contributed by atoms with Gasteiger partial charge in [-0.2, -0.15) is 4.31 Å². The van der Waals surface area contributed by atoms with E-state index in [1.54, 1.807) is 25.4 Å². The summed E-state index contributed by atoms with van der Waals surface area (Å²) in [6.07, 6.45) is 0. The summed E-state index contributed by atoms with van der Waals surface area (Å²) in [6, 6.07) is 1.73. The summed E-state index contributed by atoms with van der Waals surface area (Å²) in [4.78, 5) is 0. The van der Waals surface area contributed by atoms with Gasteiger partial charge < -0.3 is 0 Å². The molecular weight excluding hydrogens is 298 g/mol. The molecule has 0 aliphatic heterocycles. The first-order valence-corrected chi connectivity index (χ1v) is 7.30. The second kappa shape index (κ2) is 4.78. The van der Waals surface area contributed by atoms with E-state index < -0.39 is 10.0 Å². The van der Waals surface area contributed by atoms with Gasteiger partial charge in [-0.3, -0.25) is 0 Å². The number of thiophene rings is 1. The van der Waals surface area contributed by atoms with Crippen molar-refractivity contribution in [1.29, 1.82) is 0 Å². The molecule has 0 N–H and O–H groups in total. The maximum atomic E-state index is 12.0. The van der Waals surface area contributed by atoms with Crippen LogP contribution in [0.4, 0.5) is 0 Å². The number of rotatable bonds is 4. The van der Waals surface area contributed by atoms with Crippen LogP contribution in [0.1, 0.15) is 6.92 Å². The molecule has 0 aliphatic rings. The number of nitrogens with zero attached hydrogens (tertiary/aromatic N) is 1. The Hall–Kier alpha value is -0.170. The highest BCUT2D eigenvalue weighted by molar-refractivity contribution is 9.10. The summed E-state index contributed by atoms with van der Waals surface area (Å²) >= 11 is 4.42. The van der Waals surface area contributed by atoms with Gasteiger partial charge in [-0.25, -0.2) is 8.42 Å². The number of halogens is 1. The molecule has 1 rings (SSSR count). The molecule has 0 aromatic carbocycles. The molecule has 3 nitrogen and oxygen atoms in total. The van der Waals surface area contributed by atoms with Crippen LogP contribution in [-0.2, 0) is 10.0 Å². The molecule has 0 atom stereocenters. The molecule has 84 valence electrons. The van der Waals surface area contributed by atoms with Gasteiger partial charge in [-0.15, -0.1) is 11.3 Å². The van der Waals surface area contributed by atoms with Gasteiger partial charge in [-0.1, -0.05) is 12.2 Å². The van der Waals surface area contributed by atoms with Gasteiger partial charge in [0, 0.05) is 18.1 Å². The Morgan fingerprint density at radius 1 is 1.67 bits per heavy atom. The Bertz CT molecular complexity index is 464. The summed E-state index contributed by atoms with van der Waals surface area (Å²) in [5.41, 5.74) is 0.814. The minimum atomic E-state index is -3.38.